The Bertz CT molecular complexity index is 1140. The van der Waals surface area contributed by atoms with Crippen LogP contribution in [0.4, 0.5) is 5.69 Å². The number of ether oxygens (including phenoxy) is 2. The molecule has 0 aliphatic carbocycles. The molecule has 6 heteroatoms. The van der Waals surface area contributed by atoms with Crippen molar-refractivity contribution in [2.45, 2.75) is 12.8 Å². The van der Waals surface area contributed by atoms with Crippen molar-refractivity contribution in [3.63, 3.8) is 0 Å². The van der Waals surface area contributed by atoms with Crippen LogP contribution in [0.25, 0.3) is 11.1 Å². The largest absolute Gasteiger partial charge is 0.454 e. The van der Waals surface area contributed by atoms with Crippen molar-refractivity contribution in [1.29, 1.82) is 0 Å². The second-order valence-corrected chi connectivity index (χ2v) is 8.04. The average molecular weight is 428 g/mol. The van der Waals surface area contributed by atoms with E-state index in [4.69, 9.17) is 9.47 Å². The van der Waals surface area contributed by atoms with E-state index in [2.05, 4.69) is 5.32 Å². The van der Waals surface area contributed by atoms with Gasteiger partial charge in [0, 0.05) is 36.3 Å². The maximum atomic E-state index is 13.3. The normalized spacial score (nSPS) is 15.4. The average Bonchev–Trinajstić information content (AvgIpc) is 3.32. The number of nitrogens with zero attached hydrogens (tertiary/aromatic N) is 1. The molecule has 2 aliphatic rings. The van der Waals surface area contributed by atoms with Gasteiger partial charge in [-0.25, -0.2) is 0 Å². The van der Waals surface area contributed by atoms with Gasteiger partial charge in [0.05, 0.1) is 0 Å². The van der Waals surface area contributed by atoms with E-state index in [9.17, 15) is 9.59 Å². The Morgan fingerprint density at radius 1 is 0.844 bits per heavy atom. The minimum absolute atomic E-state index is 0.0130. The Morgan fingerprint density at radius 3 is 2.38 bits per heavy atom. The summed E-state index contributed by atoms with van der Waals surface area (Å²) in [4.78, 5) is 27.9. The topological polar surface area (TPSA) is 67.9 Å². The number of fused-ring (bicyclic) bond motifs is 1. The minimum Gasteiger partial charge on any atom is -0.454 e. The summed E-state index contributed by atoms with van der Waals surface area (Å²) in [5.74, 6) is 1.18. The van der Waals surface area contributed by atoms with Gasteiger partial charge < -0.3 is 19.7 Å². The number of hydrogen-bond acceptors (Lipinski definition) is 4. The molecule has 0 saturated carbocycles. The zero-order chi connectivity index (χ0) is 21.9. The van der Waals surface area contributed by atoms with Gasteiger partial charge in [0.2, 0.25) is 12.7 Å². The fourth-order valence-electron chi connectivity index (χ4n) is 4.27. The molecule has 32 heavy (non-hydrogen) atoms. The zero-order valence-electron chi connectivity index (χ0n) is 17.6. The van der Waals surface area contributed by atoms with Gasteiger partial charge >= 0.3 is 0 Å². The molecule has 162 valence electrons. The minimum atomic E-state index is -0.131. The predicted molar refractivity (Wildman–Crippen MR) is 122 cm³/mol. The summed E-state index contributed by atoms with van der Waals surface area (Å²) >= 11 is 0. The lowest BCUT2D eigenvalue weighted by molar-refractivity contribution is -0.121. The quantitative estimate of drug-likeness (QED) is 0.661. The number of hydrogen-bond donors (Lipinski definition) is 1. The molecule has 0 aromatic heterocycles. The van der Waals surface area contributed by atoms with E-state index in [1.165, 1.54) is 0 Å². The first-order chi connectivity index (χ1) is 15.7. The lowest BCUT2D eigenvalue weighted by atomic mass is 9.94. The summed E-state index contributed by atoms with van der Waals surface area (Å²) in [6.07, 6.45) is 1.27. The van der Waals surface area contributed by atoms with Crippen LogP contribution < -0.4 is 14.8 Å². The number of anilines is 1. The van der Waals surface area contributed by atoms with Crippen molar-refractivity contribution in [3.05, 3.63) is 78.4 Å². The Kier molecular flexibility index (Phi) is 5.50. The molecule has 2 heterocycles. The number of carbonyl (C=O) groups excluding carboxylic acids is 2. The van der Waals surface area contributed by atoms with Crippen LogP contribution in [0.5, 0.6) is 11.5 Å². The summed E-state index contributed by atoms with van der Waals surface area (Å²) in [5, 5.41) is 2.97. The van der Waals surface area contributed by atoms with Gasteiger partial charge in [0.25, 0.3) is 5.91 Å². The SMILES string of the molecule is O=C(Nc1ccc2c(c1)OCO2)C1CCN(C(=O)c2ccccc2-c2ccccc2)CC1. The lowest BCUT2D eigenvalue weighted by Gasteiger charge is -2.32. The molecule has 0 spiro atoms. The van der Waals surface area contributed by atoms with Gasteiger partial charge in [0.1, 0.15) is 0 Å². The van der Waals surface area contributed by atoms with E-state index >= 15 is 0 Å². The van der Waals surface area contributed by atoms with Gasteiger partial charge in [-0.15, -0.1) is 0 Å². The molecule has 1 N–H and O–H groups in total. The monoisotopic (exact) mass is 428 g/mol. The number of rotatable bonds is 4. The third kappa shape index (κ3) is 4.04. The first-order valence-corrected chi connectivity index (χ1v) is 10.8. The lowest BCUT2D eigenvalue weighted by Crippen LogP contribution is -2.41. The molecule has 3 aromatic rings. The summed E-state index contributed by atoms with van der Waals surface area (Å²) in [7, 11) is 0. The molecule has 5 rings (SSSR count). The first-order valence-electron chi connectivity index (χ1n) is 10.8. The van der Waals surface area contributed by atoms with Gasteiger partial charge in [-0.1, -0.05) is 48.5 Å². The standard InChI is InChI=1S/C26H24N2O4/c29-25(27-20-10-11-23-24(16-20)32-17-31-23)19-12-14-28(15-13-19)26(30)22-9-5-4-8-21(22)18-6-2-1-3-7-18/h1-11,16,19H,12-15,17H2,(H,27,29). The van der Waals surface area contributed by atoms with Crippen molar-refractivity contribution in [1.82, 2.24) is 4.90 Å². The van der Waals surface area contributed by atoms with E-state index in [0.717, 1.165) is 11.1 Å². The fourth-order valence-corrected chi connectivity index (χ4v) is 4.27. The summed E-state index contributed by atoms with van der Waals surface area (Å²) in [5.41, 5.74) is 3.34. The predicted octanol–water partition coefficient (Wildman–Crippen LogP) is 4.57. The number of piperidine rings is 1. The molecule has 1 fully saturated rings. The van der Waals surface area contributed by atoms with E-state index < -0.39 is 0 Å². The Labute approximate surface area is 186 Å². The number of amides is 2. The second kappa shape index (κ2) is 8.75. The summed E-state index contributed by atoms with van der Waals surface area (Å²) < 4.78 is 10.7. The Morgan fingerprint density at radius 2 is 1.56 bits per heavy atom. The number of likely N-dealkylation sites (tertiary alicyclic amines) is 1. The summed E-state index contributed by atoms with van der Waals surface area (Å²) in [6.45, 7) is 1.31. The molecule has 0 unspecified atom stereocenters. The molecule has 2 aliphatic heterocycles. The highest BCUT2D eigenvalue weighted by Crippen LogP contribution is 2.34. The highest BCUT2D eigenvalue weighted by atomic mass is 16.7. The Hall–Kier alpha value is -3.80. The smallest absolute Gasteiger partial charge is 0.254 e. The van der Waals surface area contributed by atoms with Crippen LogP contribution in [0, 0.1) is 5.92 Å². The highest BCUT2D eigenvalue weighted by molar-refractivity contribution is 6.01. The van der Waals surface area contributed by atoms with Crippen LogP contribution in [0.2, 0.25) is 0 Å². The molecular weight excluding hydrogens is 404 g/mol. The van der Waals surface area contributed by atoms with Crippen molar-refractivity contribution in [2.75, 3.05) is 25.2 Å². The second-order valence-electron chi connectivity index (χ2n) is 8.04. The van der Waals surface area contributed by atoms with Crippen LogP contribution in [0.15, 0.2) is 72.8 Å². The van der Waals surface area contributed by atoms with E-state index in [1.807, 2.05) is 65.6 Å². The van der Waals surface area contributed by atoms with Crippen LogP contribution in [0.1, 0.15) is 23.2 Å². The molecular formula is C26H24N2O4. The fraction of sp³-hybridized carbons (Fsp3) is 0.231. The number of benzene rings is 3. The molecule has 1 saturated heterocycles. The van der Waals surface area contributed by atoms with Gasteiger partial charge in [-0.2, -0.15) is 0 Å². The third-order valence-electron chi connectivity index (χ3n) is 6.04. The van der Waals surface area contributed by atoms with Crippen LogP contribution >= 0.6 is 0 Å². The summed E-state index contributed by atoms with van der Waals surface area (Å²) in [6, 6.07) is 23.0. The maximum absolute atomic E-state index is 13.3. The van der Waals surface area contributed by atoms with Crippen molar-refractivity contribution < 1.29 is 19.1 Å². The van der Waals surface area contributed by atoms with Crippen LogP contribution in [-0.2, 0) is 4.79 Å². The molecule has 0 radical (unpaired) electrons. The third-order valence-corrected chi connectivity index (χ3v) is 6.04. The van der Waals surface area contributed by atoms with Gasteiger partial charge in [0.15, 0.2) is 11.5 Å². The highest BCUT2D eigenvalue weighted by Gasteiger charge is 2.29. The molecule has 6 nitrogen and oxygen atoms in total. The van der Waals surface area contributed by atoms with Crippen molar-refractivity contribution >= 4 is 17.5 Å². The molecule has 2 amide bonds. The first kappa shape index (κ1) is 20.1. The van der Waals surface area contributed by atoms with Crippen molar-refractivity contribution in [3.8, 4) is 22.6 Å². The maximum Gasteiger partial charge on any atom is 0.254 e. The zero-order valence-corrected chi connectivity index (χ0v) is 17.6. The van der Waals surface area contributed by atoms with Gasteiger partial charge in [-0.05, 0) is 42.2 Å². The van der Waals surface area contributed by atoms with Crippen LogP contribution in [-0.4, -0.2) is 36.6 Å². The van der Waals surface area contributed by atoms with Crippen LogP contribution in [0.3, 0.4) is 0 Å². The van der Waals surface area contributed by atoms with Gasteiger partial charge in [-0.3, -0.25) is 9.59 Å². The molecule has 0 bridgehead atoms. The molecule has 0 atom stereocenters. The Balaban J connectivity index is 1.22. The van der Waals surface area contributed by atoms with E-state index in [0.29, 0.717) is 48.7 Å². The molecule has 3 aromatic carbocycles. The number of carbonyl (C=O) groups is 2. The van der Waals surface area contributed by atoms with Crippen molar-refractivity contribution in [2.24, 2.45) is 5.92 Å². The van der Waals surface area contributed by atoms with E-state index in [-0.39, 0.29) is 24.5 Å². The van der Waals surface area contributed by atoms with E-state index in [1.54, 1.807) is 12.1 Å². The number of nitrogens with one attached hydrogen (secondary N) is 1.